The fraction of sp³-hybridized carbons (Fsp3) is 0.208. The molecule has 4 aromatic rings. The summed E-state index contributed by atoms with van der Waals surface area (Å²) in [5.74, 6) is 0.100. The Labute approximate surface area is 186 Å². The highest BCUT2D eigenvalue weighted by Gasteiger charge is 2.31. The van der Waals surface area contributed by atoms with Crippen molar-refractivity contribution in [2.45, 2.75) is 33.0 Å². The van der Waals surface area contributed by atoms with Crippen molar-refractivity contribution in [3.05, 3.63) is 65.7 Å². The number of aliphatic imine (C=N–C) groups is 1. The van der Waals surface area contributed by atoms with Crippen molar-refractivity contribution >= 4 is 46.6 Å². The maximum absolute atomic E-state index is 10.6. The average molecular weight is 433 g/mol. The van der Waals surface area contributed by atoms with Crippen LogP contribution in [0.1, 0.15) is 31.1 Å². The fourth-order valence-electron chi connectivity index (χ4n) is 4.48. The van der Waals surface area contributed by atoms with Gasteiger partial charge < -0.3 is 14.8 Å². The van der Waals surface area contributed by atoms with Gasteiger partial charge in [-0.3, -0.25) is 0 Å². The van der Waals surface area contributed by atoms with Gasteiger partial charge in [0, 0.05) is 34.5 Å². The molecule has 158 valence electrons. The van der Waals surface area contributed by atoms with E-state index in [1.807, 2.05) is 18.0 Å². The first-order valence-electron chi connectivity index (χ1n) is 10.4. The van der Waals surface area contributed by atoms with E-state index in [1.54, 1.807) is 10.8 Å². The summed E-state index contributed by atoms with van der Waals surface area (Å²) in [6.45, 7) is 4.97. The van der Waals surface area contributed by atoms with Crippen molar-refractivity contribution in [3.63, 3.8) is 0 Å². The zero-order valence-corrected chi connectivity index (χ0v) is 18.3. The zero-order chi connectivity index (χ0) is 21.7. The van der Waals surface area contributed by atoms with Crippen LogP contribution < -0.4 is 5.01 Å². The Morgan fingerprint density at radius 3 is 2.48 bits per heavy atom. The molecule has 0 amide bonds. The van der Waals surface area contributed by atoms with E-state index < -0.39 is 6.17 Å². The molecule has 31 heavy (non-hydrogen) atoms. The Hall–Kier alpha value is -3.32. The van der Waals surface area contributed by atoms with E-state index in [0.29, 0.717) is 12.0 Å². The Balaban J connectivity index is 1.66. The van der Waals surface area contributed by atoms with Gasteiger partial charge in [0.25, 0.3) is 0 Å². The number of phenols is 2. The van der Waals surface area contributed by atoms with Crippen molar-refractivity contribution < 1.29 is 10.2 Å². The summed E-state index contributed by atoms with van der Waals surface area (Å²) in [5, 5.41) is 25.0. The molecule has 3 aromatic carbocycles. The monoisotopic (exact) mass is 432 g/mol. The summed E-state index contributed by atoms with van der Waals surface area (Å²) in [4.78, 5) is 4.58. The third-order valence-corrected chi connectivity index (χ3v) is 6.28. The minimum absolute atomic E-state index is 0.00855. The van der Waals surface area contributed by atoms with Crippen LogP contribution in [-0.2, 0) is 13.0 Å². The highest BCUT2D eigenvalue weighted by atomic mass is 32.1. The van der Waals surface area contributed by atoms with Gasteiger partial charge in [-0.15, -0.1) is 0 Å². The lowest BCUT2D eigenvalue weighted by Crippen LogP contribution is -2.32. The zero-order valence-electron chi connectivity index (χ0n) is 17.4. The summed E-state index contributed by atoms with van der Waals surface area (Å²) in [6.07, 6.45) is 1.80. The van der Waals surface area contributed by atoms with Gasteiger partial charge >= 0.3 is 0 Å². The van der Waals surface area contributed by atoms with Crippen LogP contribution in [-0.4, -0.2) is 25.5 Å². The second kappa shape index (κ2) is 7.42. The van der Waals surface area contributed by atoms with Crippen LogP contribution in [0.4, 0.5) is 5.69 Å². The molecule has 0 saturated heterocycles. The van der Waals surface area contributed by atoms with Crippen molar-refractivity contribution in [1.82, 2.24) is 8.98 Å². The third kappa shape index (κ3) is 2.99. The summed E-state index contributed by atoms with van der Waals surface area (Å²) < 4.78 is 3.93. The SMILES string of the molecule is CCc1cc(C2N=CN(S)N2c2ccc3c4ccccc4n(CC)c3c2)c(O)cc1O. The fourth-order valence-corrected chi connectivity index (χ4v) is 4.74. The number of fused-ring (bicyclic) bond motifs is 3. The number of hydrazine groups is 1. The largest absolute Gasteiger partial charge is 0.508 e. The van der Waals surface area contributed by atoms with Gasteiger partial charge in [0.1, 0.15) is 17.8 Å². The lowest BCUT2D eigenvalue weighted by atomic mass is 10.0. The average Bonchev–Trinajstić information content (AvgIpc) is 3.31. The topological polar surface area (TPSA) is 64.2 Å². The molecular formula is C24H24N4O2S. The first-order chi connectivity index (χ1) is 15.0. The van der Waals surface area contributed by atoms with Crippen LogP contribution >= 0.6 is 12.8 Å². The Morgan fingerprint density at radius 2 is 1.71 bits per heavy atom. The second-order valence-electron chi connectivity index (χ2n) is 7.66. The standard InChI is InChI=1S/C24H24N4O2S/c1-3-15-11-19(23(30)13-22(15)29)24-25-14-27(31)28(24)16-9-10-18-17-7-5-6-8-20(17)26(4-2)21(18)12-16/h5-14,24,29-31H,3-4H2,1-2H3. The smallest absolute Gasteiger partial charge is 0.172 e. The van der Waals surface area contributed by atoms with E-state index in [2.05, 4.69) is 71.8 Å². The normalized spacial score (nSPS) is 16.2. The van der Waals surface area contributed by atoms with Crippen LogP contribution in [0.5, 0.6) is 11.5 Å². The Kier molecular flexibility index (Phi) is 4.70. The summed E-state index contributed by atoms with van der Waals surface area (Å²) in [6, 6.07) is 17.9. The number of benzene rings is 3. The number of hydrogen-bond acceptors (Lipinski definition) is 6. The predicted octanol–water partition coefficient (Wildman–Crippen LogP) is 5.40. The minimum atomic E-state index is -0.486. The minimum Gasteiger partial charge on any atom is -0.508 e. The maximum Gasteiger partial charge on any atom is 0.172 e. The van der Waals surface area contributed by atoms with E-state index in [0.717, 1.165) is 23.3 Å². The Bertz CT molecular complexity index is 1330. The molecule has 2 N–H and O–H groups in total. The van der Waals surface area contributed by atoms with Gasteiger partial charge in [-0.25, -0.2) is 14.4 Å². The quantitative estimate of drug-likeness (QED) is 0.378. The van der Waals surface area contributed by atoms with Gasteiger partial charge in [-0.1, -0.05) is 31.2 Å². The number of aryl methyl sites for hydroxylation is 2. The van der Waals surface area contributed by atoms with E-state index in [1.165, 1.54) is 22.4 Å². The number of hydrogen-bond donors (Lipinski definition) is 3. The van der Waals surface area contributed by atoms with Gasteiger partial charge in [0.05, 0.1) is 11.2 Å². The molecule has 6 nitrogen and oxygen atoms in total. The van der Waals surface area contributed by atoms with Gasteiger partial charge in [-0.2, -0.15) is 0 Å². The number of anilines is 1. The number of phenolic OH excluding ortho intramolecular Hbond substituents is 2. The maximum atomic E-state index is 10.6. The van der Waals surface area contributed by atoms with Crippen molar-refractivity contribution in [1.29, 1.82) is 0 Å². The molecule has 1 aliphatic heterocycles. The summed E-state index contributed by atoms with van der Waals surface area (Å²) in [7, 11) is 0. The number of nitrogens with zero attached hydrogens (tertiary/aromatic N) is 4. The molecule has 0 radical (unpaired) electrons. The number of aromatic nitrogens is 1. The summed E-state index contributed by atoms with van der Waals surface area (Å²) in [5.41, 5.74) is 4.64. The van der Waals surface area contributed by atoms with Crippen LogP contribution in [0, 0.1) is 0 Å². The van der Waals surface area contributed by atoms with Crippen molar-refractivity contribution in [2.24, 2.45) is 4.99 Å². The van der Waals surface area contributed by atoms with E-state index >= 15 is 0 Å². The molecule has 5 rings (SSSR count). The number of aromatic hydroxyl groups is 2. The second-order valence-corrected chi connectivity index (χ2v) is 8.07. The van der Waals surface area contributed by atoms with E-state index in [9.17, 15) is 10.2 Å². The molecule has 0 spiro atoms. The highest BCUT2D eigenvalue weighted by molar-refractivity contribution is 7.78. The van der Waals surface area contributed by atoms with Crippen LogP contribution in [0.3, 0.4) is 0 Å². The molecular weight excluding hydrogens is 408 g/mol. The van der Waals surface area contributed by atoms with Gasteiger partial charge in [0.15, 0.2) is 6.17 Å². The molecule has 1 aromatic heterocycles. The molecule has 1 atom stereocenters. The molecule has 1 unspecified atom stereocenters. The molecule has 7 heteroatoms. The van der Waals surface area contributed by atoms with E-state index in [4.69, 9.17) is 0 Å². The lowest BCUT2D eigenvalue weighted by molar-refractivity contribution is 0.434. The number of thiol groups is 1. The number of para-hydroxylation sites is 1. The predicted molar refractivity (Wildman–Crippen MR) is 129 cm³/mol. The van der Waals surface area contributed by atoms with Gasteiger partial charge in [0.2, 0.25) is 0 Å². The highest BCUT2D eigenvalue weighted by Crippen LogP contribution is 2.41. The van der Waals surface area contributed by atoms with Gasteiger partial charge in [-0.05, 0) is 56.0 Å². The Morgan fingerprint density at radius 1 is 0.935 bits per heavy atom. The van der Waals surface area contributed by atoms with Crippen LogP contribution in [0.2, 0.25) is 0 Å². The van der Waals surface area contributed by atoms with Crippen LogP contribution in [0.25, 0.3) is 21.8 Å². The van der Waals surface area contributed by atoms with Crippen LogP contribution in [0.15, 0.2) is 59.6 Å². The molecule has 0 bridgehead atoms. The van der Waals surface area contributed by atoms with E-state index in [-0.39, 0.29) is 11.5 Å². The molecule has 2 heterocycles. The third-order valence-electron chi connectivity index (χ3n) is 5.99. The first kappa shape index (κ1) is 19.6. The molecule has 0 fully saturated rings. The lowest BCUT2D eigenvalue weighted by Gasteiger charge is -2.30. The molecule has 1 aliphatic rings. The molecule has 0 aliphatic carbocycles. The summed E-state index contributed by atoms with van der Waals surface area (Å²) >= 11 is 4.58. The van der Waals surface area contributed by atoms with Crippen molar-refractivity contribution in [3.8, 4) is 11.5 Å². The van der Waals surface area contributed by atoms with Crippen molar-refractivity contribution in [2.75, 3.05) is 5.01 Å². The first-order valence-corrected chi connectivity index (χ1v) is 10.8. The molecule has 0 saturated carbocycles. The number of rotatable bonds is 4.